The maximum Gasteiger partial charge on any atom is 0.161 e. The van der Waals surface area contributed by atoms with E-state index >= 15 is 0 Å². The highest BCUT2D eigenvalue weighted by atomic mass is 19.2. The van der Waals surface area contributed by atoms with Gasteiger partial charge in [0, 0.05) is 18.7 Å². The number of hydrogen-bond donors (Lipinski definition) is 0. The highest BCUT2D eigenvalue weighted by molar-refractivity contribution is 5.76. The molecule has 0 unspecified atom stereocenters. The zero-order chi connectivity index (χ0) is 16.2. The van der Waals surface area contributed by atoms with Gasteiger partial charge in [0.2, 0.25) is 0 Å². The Morgan fingerprint density at radius 3 is 2.61 bits per heavy atom. The summed E-state index contributed by atoms with van der Waals surface area (Å²) in [5.74, 6) is -0.697. The standard InChI is InChI=1S/C17H13F2N3O/c18-13-9-15-16(10-14(13)19)22(8-4-7-20)17(21-15)11-23-12-5-2-1-3-6-12/h1-3,5-6,9-10H,4,8,11H2. The molecule has 3 rings (SSSR count). The molecule has 6 heteroatoms. The van der Waals surface area contributed by atoms with Gasteiger partial charge in [0.05, 0.1) is 23.5 Å². The van der Waals surface area contributed by atoms with Gasteiger partial charge in [0.1, 0.15) is 18.2 Å². The van der Waals surface area contributed by atoms with E-state index in [1.54, 1.807) is 4.57 Å². The van der Waals surface area contributed by atoms with Crippen molar-refractivity contribution < 1.29 is 13.5 Å². The number of ether oxygens (including phenoxy) is 1. The van der Waals surface area contributed by atoms with Gasteiger partial charge < -0.3 is 9.30 Å². The second-order valence-corrected chi connectivity index (χ2v) is 4.94. The molecule has 0 aliphatic heterocycles. The lowest BCUT2D eigenvalue weighted by atomic mass is 10.3. The number of halogens is 2. The molecule has 0 amide bonds. The molecule has 2 aromatic carbocycles. The Hall–Kier alpha value is -2.94. The maximum absolute atomic E-state index is 13.5. The fourth-order valence-corrected chi connectivity index (χ4v) is 2.36. The summed E-state index contributed by atoms with van der Waals surface area (Å²) in [5.41, 5.74) is 0.791. The van der Waals surface area contributed by atoms with Gasteiger partial charge in [-0.1, -0.05) is 18.2 Å². The summed E-state index contributed by atoms with van der Waals surface area (Å²) in [6, 6.07) is 13.4. The number of nitrogens with zero attached hydrogens (tertiary/aromatic N) is 3. The highest BCUT2D eigenvalue weighted by Gasteiger charge is 2.14. The van der Waals surface area contributed by atoms with Gasteiger partial charge in [-0.15, -0.1) is 0 Å². The van der Waals surface area contributed by atoms with Crippen molar-refractivity contribution in [2.75, 3.05) is 0 Å². The second kappa shape index (κ2) is 6.44. The van der Waals surface area contributed by atoms with Crippen molar-refractivity contribution in [2.45, 2.75) is 19.6 Å². The number of hydrogen-bond acceptors (Lipinski definition) is 3. The number of aryl methyl sites for hydroxylation is 1. The average molecular weight is 313 g/mol. The summed E-state index contributed by atoms with van der Waals surface area (Å²) in [4.78, 5) is 4.30. The van der Waals surface area contributed by atoms with Crippen LogP contribution in [0.15, 0.2) is 42.5 Å². The van der Waals surface area contributed by atoms with Crippen molar-refractivity contribution in [3.63, 3.8) is 0 Å². The molecule has 0 N–H and O–H groups in total. The van der Waals surface area contributed by atoms with Crippen molar-refractivity contribution in [3.05, 3.63) is 59.9 Å². The Bertz CT molecular complexity index is 869. The van der Waals surface area contributed by atoms with Crippen molar-refractivity contribution in [1.29, 1.82) is 5.26 Å². The third kappa shape index (κ3) is 3.14. The summed E-state index contributed by atoms with van der Waals surface area (Å²) in [7, 11) is 0. The number of imidazole rings is 1. The minimum absolute atomic E-state index is 0.146. The zero-order valence-electron chi connectivity index (χ0n) is 12.2. The summed E-state index contributed by atoms with van der Waals surface area (Å²) in [5, 5.41) is 8.79. The van der Waals surface area contributed by atoms with Gasteiger partial charge in [-0.25, -0.2) is 13.8 Å². The number of aromatic nitrogens is 2. The molecule has 0 fully saturated rings. The van der Waals surface area contributed by atoms with Crippen LogP contribution in [-0.2, 0) is 13.2 Å². The first kappa shape index (κ1) is 15.0. The lowest BCUT2D eigenvalue weighted by Gasteiger charge is -2.09. The first-order chi connectivity index (χ1) is 11.2. The Morgan fingerprint density at radius 1 is 1.13 bits per heavy atom. The lowest BCUT2D eigenvalue weighted by Crippen LogP contribution is -2.07. The molecule has 1 aromatic heterocycles. The minimum atomic E-state index is -0.946. The molecule has 0 saturated heterocycles. The van der Waals surface area contributed by atoms with Crippen LogP contribution in [0.4, 0.5) is 8.78 Å². The van der Waals surface area contributed by atoms with E-state index in [0.717, 1.165) is 12.1 Å². The van der Waals surface area contributed by atoms with Crippen molar-refractivity contribution in [2.24, 2.45) is 0 Å². The monoisotopic (exact) mass is 313 g/mol. The molecule has 0 aliphatic carbocycles. The highest BCUT2D eigenvalue weighted by Crippen LogP contribution is 2.21. The number of nitriles is 1. The molecule has 0 saturated carbocycles. The van der Waals surface area contributed by atoms with Gasteiger partial charge in [-0.3, -0.25) is 0 Å². The average Bonchev–Trinajstić information content (AvgIpc) is 2.89. The summed E-state index contributed by atoms with van der Waals surface area (Å²) in [6.45, 7) is 0.485. The Labute approximate surface area is 131 Å². The molecule has 0 aliphatic rings. The van der Waals surface area contributed by atoms with E-state index in [9.17, 15) is 8.78 Å². The predicted octanol–water partition coefficient (Wildman–Crippen LogP) is 3.81. The quantitative estimate of drug-likeness (QED) is 0.720. The molecular weight excluding hydrogens is 300 g/mol. The molecule has 4 nitrogen and oxygen atoms in total. The molecular formula is C17H13F2N3O. The molecule has 1 heterocycles. The van der Waals surface area contributed by atoms with Crippen LogP contribution in [-0.4, -0.2) is 9.55 Å². The lowest BCUT2D eigenvalue weighted by molar-refractivity contribution is 0.290. The Kier molecular flexibility index (Phi) is 4.20. The van der Waals surface area contributed by atoms with E-state index in [4.69, 9.17) is 10.00 Å². The van der Waals surface area contributed by atoms with Crippen LogP contribution in [0, 0.1) is 23.0 Å². The molecule has 23 heavy (non-hydrogen) atoms. The van der Waals surface area contributed by atoms with Gasteiger partial charge in [-0.05, 0) is 12.1 Å². The van der Waals surface area contributed by atoms with E-state index in [2.05, 4.69) is 4.98 Å². The first-order valence-electron chi connectivity index (χ1n) is 7.08. The number of rotatable bonds is 5. The van der Waals surface area contributed by atoms with Crippen molar-refractivity contribution in [3.8, 4) is 11.8 Å². The molecule has 116 valence electrons. The summed E-state index contributed by atoms with van der Waals surface area (Å²) < 4.78 is 34.2. The largest absolute Gasteiger partial charge is 0.486 e. The van der Waals surface area contributed by atoms with Crippen LogP contribution in [0.5, 0.6) is 5.75 Å². The summed E-state index contributed by atoms with van der Waals surface area (Å²) >= 11 is 0. The smallest absolute Gasteiger partial charge is 0.161 e. The van der Waals surface area contributed by atoms with Gasteiger partial charge >= 0.3 is 0 Å². The summed E-state index contributed by atoms with van der Waals surface area (Å²) in [6.07, 6.45) is 0.239. The predicted molar refractivity (Wildman–Crippen MR) is 80.7 cm³/mol. The fraction of sp³-hybridized carbons (Fsp3) is 0.176. The fourth-order valence-electron chi connectivity index (χ4n) is 2.36. The SMILES string of the molecule is N#CCCn1c(COc2ccccc2)nc2cc(F)c(F)cc21. The van der Waals surface area contributed by atoms with Crippen LogP contribution >= 0.6 is 0 Å². The van der Waals surface area contributed by atoms with E-state index in [0.29, 0.717) is 29.2 Å². The van der Waals surface area contributed by atoms with E-state index in [1.165, 1.54) is 0 Å². The van der Waals surface area contributed by atoms with Crippen LogP contribution < -0.4 is 4.74 Å². The van der Waals surface area contributed by atoms with Crippen LogP contribution in [0.2, 0.25) is 0 Å². The Balaban J connectivity index is 1.96. The van der Waals surface area contributed by atoms with E-state index < -0.39 is 11.6 Å². The van der Waals surface area contributed by atoms with Crippen LogP contribution in [0.25, 0.3) is 11.0 Å². The molecule has 0 radical (unpaired) electrons. The molecule has 0 bridgehead atoms. The second-order valence-electron chi connectivity index (χ2n) is 4.94. The van der Waals surface area contributed by atoms with Crippen LogP contribution in [0.3, 0.4) is 0 Å². The minimum Gasteiger partial charge on any atom is -0.486 e. The first-order valence-corrected chi connectivity index (χ1v) is 7.08. The number of para-hydroxylation sites is 1. The van der Waals surface area contributed by atoms with Gasteiger partial charge in [-0.2, -0.15) is 5.26 Å². The number of benzene rings is 2. The third-order valence-corrected chi connectivity index (χ3v) is 3.43. The van der Waals surface area contributed by atoms with Crippen LogP contribution in [0.1, 0.15) is 12.2 Å². The van der Waals surface area contributed by atoms with Gasteiger partial charge in [0.25, 0.3) is 0 Å². The van der Waals surface area contributed by atoms with Crippen molar-refractivity contribution in [1.82, 2.24) is 9.55 Å². The molecule has 0 atom stereocenters. The molecule has 0 spiro atoms. The topological polar surface area (TPSA) is 50.8 Å². The van der Waals surface area contributed by atoms with E-state index in [-0.39, 0.29) is 13.0 Å². The van der Waals surface area contributed by atoms with Crippen molar-refractivity contribution >= 4 is 11.0 Å². The third-order valence-electron chi connectivity index (χ3n) is 3.43. The van der Waals surface area contributed by atoms with E-state index in [1.807, 2.05) is 36.4 Å². The number of fused-ring (bicyclic) bond motifs is 1. The maximum atomic E-state index is 13.5. The normalized spacial score (nSPS) is 10.7. The zero-order valence-corrected chi connectivity index (χ0v) is 12.2. The Morgan fingerprint density at radius 2 is 1.87 bits per heavy atom. The molecule has 3 aromatic rings. The van der Waals surface area contributed by atoms with Gasteiger partial charge in [0.15, 0.2) is 11.6 Å².